The fraction of sp³-hybridized carbons (Fsp3) is 0.367. The zero-order valence-electron chi connectivity index (χ0n) is 23.5. The summed E-state index contributed by atoms with van der Waals surface area (Å²) < 4.78 is 31.6. The second-order valence-electron chi connectivity index (χ2n) is 10.0. The Hall–Kier alpha value is -5.07. The number of carbonyl (C=O) groups is 7. The molecule has 4 aliphatic rings. The quantitative estimate of drug-likeness (QED) is 0.144. The Morgan fingerprint density at radius 1 is 0.628 bits per heavy atom. The standard InChI is InChI=1S/C30H28O13/c1-4-5-6-8-11-20-24(34)40-29(41-25(20)35)14-16-30(17-15-29)42-26(36)21(27(37)43-30)13-10-7-9-12-19-22(32)38-28(3,18(2)31)39-23(19)33/h4-9,11-13H,10,14-17H2,1-3H3. The van der Waals surface area contributed by atoms with Crippen molar-refractivity contribution in [2.45, 2.75) is 70.2 Å². The number of carbonyl (C=O) groups excluding carboxylic acids is 7. The van der Waals surface area contributed by atoms with Crippen LogP contribution < -0.4 is 0 Å². The molecule has 0 aromatic rings. The molecule has 4 rings (SSSR count). The highest BCUT2D eigenvalue weighted by Crippen LogP contribution is 2.45. The normalized spacial score (nSPS) is 29.4. The van der Waals surface area contributed by atoms with E-state index in [1.807, 2.05) is 6.92 Å². The Bertz CT molecular complexity index is 1390. The largest absolute Gasteiger partial charge is 0.419 e. The summed E-state index contributed by atoms with van der Waals surface area (Å²) in [7, 11) is 0. The van der Waals surface area contributed by atoms with Crippen molar-refractivity contribution in [3.63, 3.8) is 0 Å². The van der Waals surface area contributed by atoms with E-state index in [1.165, 1.54) is 30.4 Å². The van der Waals surface area contributed by atoms with Gasteiger partial charge in [-0.2, -0.15) is 0 Å². The smallest absolute Gasteiger partial charge is 0.349 e. The van der Waals surface area contributed by atoms with Crippen molar-refractivity contribution in [3.05, 3.63) is 71.4 Å². The van der Waals surface area contributed by atoms with E-state index in [1.54, 1.807) is 18.2 Å². The summed E-state index contributed by atoms with van der Waals surface area (Å²) in [4.78, 5) is 86.1. The third-order valence-electron chi connectivity index (χ3n) is 6.96. The predicted molar refractivity (Wildman–Crippen MR) is 142 cm³/mol. The van der Waals surface area contributed by atoms with Crippen molar-refractivity contribution in [2.24, 2.45) is 0 Å². The van der Waals surface area contributed by atoms with E-state index in [2.05, 4.69) is 0 Å². The van der Waals surface area contributed by atoms with Gasteiger partial charge in [0, 0.05) is 39.5 Å². The zero-order chi connectivity index (χ0) is 31.4. The Balaban J connectivity index is 1.33. The van der Waals surface area contributed by atoms with Gasteiger partial charge in [-0.05, 0) is 25.5 Å². The summed E-state index contributed by atoms with van der Waals surface area (Å²) in [6.07, 6.45) is 12.7. The molecule has 0 atom stereocenters. The molecule has 2 spiro atoms. The number of ketones is 1. The molecule has 4 fully saturated rings. The highest BCUT2D eigenvalue weighted by molar-refractivity contribution is 6.17. The van der Waals surface area contributed by atoms with Crippen LogP contribution in [0.4, 0.5) is 0 Å². The number of hydrogen-bond donors (Lipinski definition) is 0. The first-order valence-corrected chi connectivity index (χ1v) is 13.3. The molecule has 0 bridgehead atoms. The van der Waals surface area contributed by atoms with Crippen molar-refractivity contribution in [1.29, 1.82) is 0 Å². The lowest BCUT2D eigenvalue weighted by molar-refractivity contribution is -0.291. The molecule has 0 radical (unpaired) electrons. The fourth-order valence-electron chi connectivity index (χ4n) is 4.43. The molecule has 3 aliphatic heterocycles. The van der Waals surface area contributed by atoms with Gasteiger partial charge < -0.3 is 28.4 Å². The van der Waals surface area contributed by atoms with Crippen LogP contribution in [0.2, 0.25) is 0 Å². The molecule has 3 heterocycles. The van der Waals surface area contributed by atoms with Gasteiger partial charge in [0.2, 0.25) is 5.78 Å². The van der Waals surface area contributed by atoms with E-state index in [0.29, 0.717) is 0 Å². The maximum Gasteiger partial charge on any atom is 0.349 e. The maximum absolute atomic E-state index is 12.7. The van der Waals surface area contributed by atoms with E-state index >= 15 is 0 Å². The van der Waals surface area contributed by atoms with Gasteiger partial charge in [0.1, 0.15) is 16.7 Å². The summed E-state index contributed by atoms with van der Waals surface area (Å²) in [6, 6.07) is 0. The summed E-state index contributed by atoms with van der Waals surface area (Å²) in [5, 5.41) is 0. The SMILES string of the molecule is CC=CC=CC=C1C(=O)OC2(CCC3(CC2)OC(=O)C(=CCC=CC=C2C(=O)OC(C)(C(C)=O)OC2=O)C(=O)O3)OC1=O. The first-order valence-electron chi connectivity index (χ1n) is 13.3. The molecule has 1 aliphatic carbocycles. The van der Waals surface area contributed by atoms with Crippen molar-refractivity contribution < 1.29 is 62.0 Å². The number of hydrogen-bond acceptors (Lipinski definition) is 13. The minimum atomic E-state index is -1.99. The monoisotopic (exact) mass is 596 g/mol. The van der Waals surface area contributed by atoms with Gasteiger partial charge in [0.25, 0.3) is 11.6 Å². The van der Waals surface area contributed by atoms with Crippen LogP contribution in [0, 0.1) is 0 Å². The minimum absolute atomic E-state index is 0.0142. The second-order valence-corrected chi connectivity index (χ2v) is 10.0. The predicted octanol–water partition coefficient (Wildman–Crippen LogP) is 2.42. The van der Waals surface area contributed by atoms with Crippen LogP contribution in [-0.4, -0.2) is 59.0 Å². The Labute approximate surface area is 245 Å². The average molecular weight is 597 g/mol. The molecule has 13 heteroatoms. The zero-order valence-corrected chi connectivity index (χ0v) is 23.5. The highest BCUT2D eigenvalue weighted by atomic mass is 16.8. The molecular weight excluding hydrogens is 568 g/mol. The Kier molecular flexibility index (Phi) is 8.65. The first-order chi connectivity index (χ1) is 20.3. The van der Waals surface area contributed by atoms with Gasteiger partial charge in [0.05, 0.1) is 0 Å². The molecule has 0 amide bonds. The van der Waals surface area contributed by atoms with E-state index in [4.69, 9.17) is 28.4 Å². The molecule has 0 aromatic heterocycles. The van der Waals surface area contributed by atoms with Crippen LogP contribution in [0.3, 0.4) is 0 Å². The van der Waals surface area contributed by atoms with E-state index in [9.17, 15) is 33.6 Å². The molecule has 0 N–H and O–H groups in total. The van der Waals surface area contributed by atoms with Crippen LogP contribution in [0.1, 0.15) is 52.9 Å². The molecule has 1 saturated carbocycles. The average Bonchev–Trinajstić information content (AvgIpc) is 2.92. The summed E-state index contributed by atoms with van der Waals surface area (Å²) in [5.74, 6) is -11.5. The molecule has 13 nitrogen and oxygen atoms in total. The van der Waals surface area contributed by atoms with Crippen molar-refractivity contribution in [3.8, 4) is 0 Å². The molecule has 43 heavy (non-hydrogen) atoms. The molecule has 0 unspecified atom stereocenters. The Morgan fingerprint density at radius 3 is 1.49 bits per heavy atom. The van der Waals surface area contributed by atoms with Crippen LogP contribution in [0.15, 0.2) is 71.4 Å². The number of cyclic esters (lactones) is 2. The second kappa shape index (κ2) is 12.0. The third-order valence-corrected chi connectivity index (χ3v) is 6.96. The van der Waals surface area contributed by atoms with Gasteiger partial charge in [-0.3, -0.25) is 4.79 Å². The molecule has 3 saturated heterocycles. The van der Waals surface area contributed by atoms with E-state index in [-0.39, 0.29) is 43.3 Å². The molecule has 0 aromatic carbocycles. The van der Waals surface area contributed by atoms with Crippen molar-refractivity contribution >= 4 is 41.6 Å². The number of rotatable bonds is 6. The van der Waals surface area contributed by atoms with Crippen LogP contribution in [0.5, 0.6) is 0 Å². The van der Waals surface area contributed by atoms with Crippen LogP contribution in [-0.2, 0) is 62.0 Å². The van der Waals surface area contributed by atoms with Gasteiger partial charge in [-0.25, -0.2) is 28.8 Å². The van der Waals surface area contributed by atoms with E-state index in [0.717, 1.165) is 19.9 Å². The molecular formula is C30H28O13. The number of ether oxygens (including phenoxy) is 6. The van der Waals surface area contributed by atoms with Gasteiger partial charge in [-0.15, -0.1) is 0 Å². The summed E-state index contributed by atoms with van der Waals surface area (Å²) in [5.41, 5.74) is -1.08. The van der Waals surface area contributed by atoms with E-state index < -0.39 is 64.5 Å². The fourth-order valence-corrected chi connectivity index (χ4v) is 4.43. The van der Waals surface area contributed by atoms with Gasteiger partial charge in [0.15, 0.2) is 0 Å². The lowest BCUT2D eigenvalue weighted by Gasteiger charge is -2.46. The van der Waals surface area contributed by atoms with Gasteiger partial charge in [-0.1, -0.05) is 42.5 Å². The number of allylic oxidation sites excluding steroid dienone is 9. The van der Waals surface area contributed by atoms with Crippen molar-refractivity contribution in [2.75, 3.05) is 0 Å². The minimum Gasteiger partial charge on any atom is -0.419 e. The van der Waals surface area contributed by atoms with Gasteiger partial charge >= 0.3 is 41.6 Å². The number of Topliss-reactive ketones (excluding diaryl/α,β-unsaturated/α-hetero) is 1. The summed E-state index contributed by atoms with van der Waals surface area (Å²) in [6.45, 7) is 4.07. The molecule has 226 valence electrons. The summed E-state index contributed by atoms with van der Waals surface area (Å²) >= 11 is 0. The number of esters is 6. The lowest BCUT2D eigenvalue weighted by Crippen LogP contribution is -2.56. The Morgan fingerprint density at radius 2 is 1.05 bits per heavy atom. The highest BCUT2D eigenvalue weighted by Gasteiger charge is 2.56. The topological polar surface area (TPSA) is 175 Å². The third kappa shape index (κ3) is 6.55. The maximum atomic E-state index is 12.7. The van der Waals surface area contributed by atoms with Crippen LogP contribution in [0.25, 0.3) is 0 Å². The van der Waals surface area contributed by atoms with Crippen molar-refractivity contribution in [1.82, 2.24) is 0 Å². The first kappa shape index (κ1) is 30.9. The van der Waals surface area contributed by atoms with Crippen LogP contribution >= 0.6 is 0 Å². The lowest BCUT2D eigenvalue weighted by atomic mass is 9.87.